The highest BCUT2D eigenvalue weighted by molar-refractivity contribution is 7.47. The van der Waals surface area contributed by atoms with Crippen LogP contribution in [0.2, 0.25) is 0 Å². The Morgan fingerprint density at radius 3 is 1.21 bits per heavy atom. The van der Waals surface area contributed by atoms with Crippen LogP contribution in [-0.2, 0) is 32.7 Å². The van der Waals surface area contributed by atoms with Crippen molar-refractivity contribution in [2.75, 3.05) is 13.2 Å². The molecule has 0 spiro atoms. The van der Waals surface area contributed by atoms with Gasteiger partial charge in [-0.2, -0.15) is 0 Å². The van der Waals surface area contributed by atoms with Crippen LogP contribution >= 0.6 is 7.82 Å². The minimum Gasteiger partial charge on any atom is -0.462 e. The number of rotatable bonds is 45. The van der Waals surface area contributed by atoms with Gasteiger partial charge in [0.25, 0.3) is 0 Å². The zero-order valence-electron chi connectivity index (χ0n) is 43.3. The molecule has 1 aliphatic rings. The van der Waals surface area contributed by atoms with E-state index in [1.165, 1.54) is 116 Å². The van der Waals surface area contributed by atoms with Gasteiger partial charge in [0.05, 0.1) is 6.61 Å². The number of unbranched alkanes of at least 4 members (excludes halogenated alkanes) is 21. The highest BCUT2D eigenvalue weighted by Crippen LogP contribution is 2.47. The van der Waals surface area contributed by atoms with Gasteiger partial charge in [0.15, 0.2) is 6.10 Å². The van der Waals surface area contributed by atoms with Crippen LogP contribution in [0, 0.1) is 0 Å². The summed E-state index contributed by atoms with van der Waals surface area (Å²) in [6.45, 7) is 3.16. The molecule has 6 N–H and O–H groups in total. The van der Waals surface area contributed by atoms with Crippen LogP contribution in [0.15, 0.2) is 72.9 Å². The number of allylic oxidation sites excluding steroid dienone is 12. The minimum absolute atomic E-state index is 0.0298. The number of hydrogen-bond acceptors (Lipinski definition) is 12. The molecule has 0 bridgehead atoms. The largest absolute Gasteiger partial charge is 0.472 e. The Morgan fingerprint density at radius 1 is 0.457 bits per heavy atom. The maximum atomic E-state index is 12.9. The summed E-state index contributed by atoms with van der Waals surface area (Å²) in [6, 6.07) is 0. The topological polar surface area (TPSA) is 210 Å². The number of aliphatic hydroxyl groups is 5. The Kier molecular flexibility index (Phi) is 41.9. The highest BCUT2D eigenvalue weighted by Gasteiger charge is 2.51. The van der Waals surface area contributed by atoms with Crippen molar-refractivity contribution in [3.63, 3.8) is 0 Å². The van der Waals surface area contributed by atoms with Gasteiger partial charge in [-0.1, -0.05) is 222 Å². The summed E-state index contributed by atoms with van der Waals surface area (Å²) in [6.07, 6.45) is 45.4. The molecule has 0 aromatic heterocycles. The Balaban J connectivity index is 2.40. The predicted molar refractivity (Wildman–Crippen MR) is 281 cm³/mol. The lowest BCUT2D eigenvalue weighted by Gasteiger charge is -2.41. The highest BCUT2D eigenvalue weighted by atomic mass is 31.2. The van der Waals surface area contributed by atoms with E-state index in [0.717, 1.165) is 51.4 Å². The number of ether oxygens (including phenoxy) is 2. The van der Waals surface area contributed by atoms with E-state index in [0.29, 0.717) is 19.3 Å². The van der Waals surface area contributed by atoms with Crippen LogP contribution in [0.3, 0.4) is 0 Å². The third-order valence-electron chi connectivity index (χ3n) is 12.3. The van der Waals surface area contributed by atoms with E-state index in [2.05, 4.69) is 68.5 Å². The molecule has 404 valence electrons. The quantitative estimate of drug-likeness (QED) is 0.0145. The number of phosphoric ester groups is 1. The van der Waals surface area contributed by atoms with Gasteiger partial charge >= 0.3 is 19.8 Å². The van der Waals surface area contributed by atoms with Gasteiger partial charge < -0.3 is 39.9 Å². The van der Waals surface area contributed by atoms with Gasteiger partial charge in [-0.25, -0.2) is 4.57 Å². The molecule has 0 saturated heterocycles. The Hall–Kier alpha value is -2.71. The molecular weight excluding hydrogens is 912 g/mol. The summed E-state index contributed by atoms with van der Waals surface area (Å²) in [5.74, 6) is -1.19. The lowest BCUT2D eigenvalue weighted by molar-refractivity contribution is -0.220. The molecule has 13 nitrogen and oxygen atoms in total. The second-order valence-electron chi connectivity index (χ2n) is 18.7. The fourth-order valence-corrected chi connectivity index (χ4v) is 8.99. The number of phosphoric acid groups is 1. The summed E-state index contributed by atoms with van der Waals surface area (Å²) in [5, 5.41) is 50.3. The van der Waals surface area contributed by atoms with E-state index in [1.807, 2.05) is 18.2 Å². The molecule has 6 atom stereocenters. The van der Waals surface area contributed by atoms with Crippen LogP contribution in [0.1, 0.15) is 213 Å². The lowest BCUT2D eigenvalue weighted by Crippen LogP contribution is -2.64. The van der Waals surface area contributed by atoms with Gasteiger partial charge in [0.2, 0.25) is 0 Å². The molecule has 0 heterocycles. The molecule has 0 amide bonds. The fourth-order valence-electron chi connectivity index (χ4n) is 8.02. The monoisotopic (exact) mass is 1010 g/mol. The first-order chi connectivity index (χ1) is 33.9. The standard InChI is InChI=1S/C56H97O13P/c1-3-5-7-9-11-13-15-17-19-21-23-24-25-27-28-30-32-34-36-38-40-42-44-49(57)66-46-48(47-67-70(64,65)69-56-54(62)52(60)51(59)53(61)55(56)63)68-50(58)45-43-41-39-37-35-33-31-29-26-22-20-18-16-14-12-10-8-6-4-2/h6,8,12,14,18,20,26,29,33,35,39,41,48,51-56,59-63H,3-5,7,9-11,13,15-17,19,21-25,27-28,30-32,34,36-38,40,42-47H2,1-2H3,(H,64,65)/b8-6-,14-12-,20-18-,29-26-,35-33-,41-39-. The van der Waals surface area contributed by atoms with Crippen molar-refractivity contribution in [1.29, 1.82) is 0 Å². The molecule has 14 heteroatoms. The second-order valence-corrected chi connectivity index (χ2v) is 20.1. The molecular formula is C56H97O13P. The first kappa shape index (κ1) is 65.3. The number of aliphatic hydroxyl groups excluding tert-OH is 5. The molecule has 0 aromatic carbocycles. The van der Waals surface area contributed by atoms with Crippen molar-refractivity contribution in [1.82, 2.24) is 0 Å². The summed E-state index contributed by atoms with van der Waals surface area (Å²) in [7, 11) is -5.15. The van der Waals surface area contributed by atoms with E-state index in [1.54, 1.807) is 0 Å². The van der Waals surface area contributed by atoms with E-state index >= 15 is 0 Å². The van der Waals surface area contributed by atoms with Crippen molar-refractivity contribution in [2.45, 2.75) is 256 Å². The first-order valence-corrected chi connectivity index (χ1v) is 28.7. The first-order valence-electron chi connectivity index (χ1n) is 27.2. The molecule has 1 rings (SSSR count). The normalized spacial score (nSPS) is 21.3. The van der Waals surface area contributed by atoms with Crippen molar-refractivity contribution in [3.8, 4) is 0 Å². The van der Waals surface area contributed by atoms with Crippen molar-refractivity contribution >= 4 is 19.8 Å². The summed E-state index contributed by atoms with van der Waals surface area (Å²) >= 11 is 0. The van der Waals surface area contributed by atoms with E-state index in [4.69, 9.17) is 18.5 Å². The van der Waals surface area contributed by atoms with E-state index < -0.39 is 75.7 Å². The van der Waals surface area contributed by atoms with Crippen molar-refractivity contribution in [3.05, 3.63) is 72.9 Å². The van der Waals surface area contributed by atoms with E-state index in [-0.39, 0.29) is 12.8 Å². The number of hydrogen-bond donors (Lipinski definition) is 6. The minimum atomic E-state index is -5.15. The smallest absolute Gasteiger partial charge is 0.462 e. The van der Waals surface area contributed by atoms with Crippen molar-refractivity contribution < 1.29 is 63.1 Å². The van der Waals surface area contributed by atoms with Gasteiger partial charge in [0.1, 0.15) is 43.2 Å². The molecule has 0 aliphatic heterocycles. The SMILES string of the molecule is CC/C=C\C/C=C\C/C=C\C/C=C\C/C=C\C/C=C\CCC(=O)OC(COC(=O)CCCCCCCCCCCCCCCCCCCCCCCC)COP(=O)(O)OC1C(O)C(O)C(O)C(O)C1O. The second kappa shape index (κ2) is 44.9. The van der Waals surface area contributed by atoms with Gasteiger partial charge in [-0.15, -0.1) is 0 Å². The molecule has 0 aromatic rings. The third kappa shape index (κ3) is 36.2. The van der Waals surface area contributed by atoms with Crippen LogP contribution in [0.5, 0.6) is 0 Å². The maximum Gasteiger partial charge on any atom is 0.472 e. The molecule has 1 aliphatic carbocycles. The fraction of sp³-hybridized carbons (Fsp3) is 0.750. The Morgan fingerprint density at radius 2 is 0.814 bits per heavy atom. The summed E-state index contributed by atoms with van der Waals surface area (Å²) < 4.78 is 33.6. The van der Waals surface area contributed by atoms with Crippen molar-refractivity contribution in [2.24, 2.45) is 0 Å². The Bertz CT molecular complexity index is 1490. The average molecular weight is 1010 g/mol. The zero-order chi connectivity index (χ0) is 51.3. The van der Waals surface area contributed by atoms with Crippen LogP contribution in [0.25, 0.3) is 0 Å². The number of esters is 2. The summed E-state index contributed by atoms with van der Waals surface area (Å²) in [5.41, 5.74) is 0. The number of carbonyl (C=O) groups excluding carboxylic acids is 2. The van der Waals surface area contributed by atoms with Gasteiger partial charge in [0, 0.05) is 12.8 Å². The van der Waals surface area contributed by atoms with E-state index in [9.17, 15) is 44.6 Å². The third-order valence-corrected chi connectivity index (χ3v) is 13.3. The van der Waals surface area contributed by atoms with Crippen LogP contribution < -0.4 is 0 Å². The summed E-state index contributed by atoms with van der Waals surface area (Å²) in [4.78, 5) is 35.9. The molecule has 0 radical (unpaired) electrons. The average Bonchev–Trinajstić information content (AvgIpc) is 3.34. The molecule has 1 fully saturated rings. The number of carbonyl (C=O) groups is 2. The zero-order valence-corrected chi connectivity index (χ0v) is 44.2. The molecule has 1 saturated carbocycles. The molecule has 6 unspecified atom stereocenters. The van der Waals surface area contributed by atoms with Gasteiger partial charge in [-0.05, 0) is 51.4 Å². The lowest BCUT2D eigenvalue weighted by atomic mass is 9.85. The van der Waals surface area contributed by atoms with Crippen LogP contribution in [-0.4, -0.2) is 98.3 Å². The molecule has 70 heavy (non-hydrogen) atoms. The maximum absolute atomic E-state index is 12.9. The predicted octanol–water partition coefficient (Wildman–Crippen LogP) is 12.2. The Labute approximate surface area is 423 Å². The van der Waals surface area contributed by atoms with Gasteiger partial charge in [-0.3, -0.25) is 18.6 Å². The van der Waals surface area contributed by atoms with Crippen LogP contribution in [0.4, 0.5) is 0 Å².